The van der Waals surface area contributed by atoms with Crippen LogP contribution in [0.1, 0.15) is 33.0 Å². The molecule has 1 aromatic heterocycles. The Bertz CT molecular complexity index is 740. The Hall–Kier alpha value is -1.34. The largest absolute Gasteiger partial charge is 0.379 e. The molecule has 7 heteroatoms. The third kappa shape index (κ3) is 4.68. The van der Waals surface area contributed by atoms with Gasteiger partial charge in [0, 0.05) is 39.7 Å². The normalized spacial score (nSPS) is 17.0. The molecule has 144 valence electrons. The molecule has 1 saturated heterocycles. The number of hydrogen-bond donors (Lipinski definition) is 2. The summed E-state index contributed by atoms with van der Waals surface area (Å²) in [5.41, 5.74) is 2.72. The van der Waals surface area contributed by atoms with Gasteiger partial charge in [-0.3, -0.25) is 0 Å². The van der Waals surface area contributed by atoms with Crippen LogP contribution >= 0.6 is 11.6 Å². The summed E-state index contributed by atoms with van der Waals surface area (Å²) in [5, 5.41) is 4.12. The van der Waals surface area contributed by atoms with Gasteiger partial charge in [0.2, 0.25) is 0 Å². The number of nitrogens with zero attached hydrogens (tertiary/aromatic N) is 2. The lowest BCUT2D eigenvalue weighted by Gasteiger charge is -2.30. The van der Waals surface area contributed by atoms with E-state index in [-0.39, 0.29) is 11.7 Å². The molecule has 1 aliphatic rings. The maximum Gasteiger partial charge on any atom is 0.133 e. The second-order valence-corrected chi connectivity index (χ2v) is 7.94. The molecule has 6 nitrogen and oxygen atoms in total. The average Bonchev–Trinajstić information content (AvgIpc) is 3.01. The molecule has 3 rings (SSSR count). The fourth-order valence-electron chi connectivity index (χ4n) is 3.34. The highest BCUT2D eigenvalue weighted by atomic mass is 35.5. The lowest BCUT2D eigenvalue weighted by Crippen LogP contribution is -2.43. The molecule has 0 bridgehead atoms. The molecule has 1 aliphatic heterocycles. The third-order valence-electron chi connectivity index (χ3n) is 4.89. The van der Waals surface area contributed by atoms with Gasteiger partial charge in [0.25, 0.3) is 0 Å². The Morgan fingerprint density at radius 3 is 2.73 bits per heavy atom. The van der Waals surface area contributed by atoms with E-state index in [1.807, 2.05) is 6.07 Å². The SMILES string of the molecule is COC(C)(C)CC(C)OCc1nc2cc(N3CCNCC3)c(Cl)cc2[nH]1. The summed E-state index contributed by atoms with van der Waals surface area (Å²) in [4.78, 5) is 10.3. The number of anilines is 1. The molecule has 1 atom stereocenters. The minimum atomic E-state index is -0.195. The van der Waals surface area contributed by atoms with Gasteiger partial charge in [-0.25, -0.2) is 4.98 Å². The van der Waals surface area contributed by atoms with Gasteiger partial charge in [-0.1, -0.05) is 11.6 Å². The molecule has 0 radical (unpaired) electrons. The Balaban J connectivity index is 1.69. The number of ether oxygens (including phenoxy) is 2. The van der Waals surface area contributed by atoms with Crippen LogP contribution in [-0.2, 0) is 16.1 Å². The van der Waals surface area contributed by atoms with Crippen LogP contribution in [0.5, 0.6) is 0 Å². The number of piperazine rings is 1. The Morgan fingerprint density at radius 2 is 2.04 bits per heavy atom. The van der Waals surface area contributed by atoms with Gasteiger partial charge in [-0.15, -0.1) is 0 Å². The van der Waals surface area contributed by atoms with Crippen molar-refractivity contribution in [3.05, 3.63) is 23.0 Å². The van der Waals surface area contributed by atoms with Crippen molar-refractivity contribution >= 4 is 28.3 Å². The van der Waals surface area contributed by atoms with Crippen molar-refractivity contribution in [2.24, 2.45) is 0 Å². The number of methoxy groups -OCH3 is 1. The van der Waals surface area contributed by atoms with E-state index in [4.69, 9.17) is 21.1 Å². The molecular weight excluding hydrogens is 352 g/mol. The number of nitrogens with one attached hydrogen (secondary N) is 2. The summed E-state index contributed by atoms with van der Waals surface area (Å²) >= 11 is 6.51. The van der Waals surface area contributed by atoms with Crippen molar-refractivity contribution in [2.45, 2.75) is 45.5 Å². The highest BCUT2D eigenvalue weighted by Gasteiger charge is 2.21. The molecule has 1 aromatic carbocycles. The van der Waals surface area contributed by atoms with E-state index in [9.17, 15) is 0 Å². The van der Waals surface area contributed by atoms with Gasteiger partial charge in [-0.2, -0.15) is 0 Å². The van der Waals surface area contributed by atoms with Crippen LogP contribution in [0.3, 0.4) is 0 Å². The Labute approximate surface area is 160 Å². The molecule has 0 aliphatic carbocycles. The van der Waals surface area contributed by atoms with E-state index in [1.165, 1.54) is 0 Å². The molecular formula is C19H29ClN4O2. The number of imidazole rings is 1. The van der Waals surface area contributed by atoms with E-state index in [0.29, 0.717) is 6.61 Å². The number of fused-ring (bicyclic) bond motifs is 1. The van der Waals surface area contributed by atoms with Gasteiger partial charge in [0.15, 0.2) is 0 Å². The molecule has 1 fully saturated rings. The van der Waals surface area contributed by atoms with Gasteiger partial charge in [-0.05, 0) is 32.9 Å². The molecule has 0 amide bonds. The highest BCUT2D eigenvalue weighted by molar-refractivity contribution is 6.34. The predicted molar refractivity (Wildman–Crippen MR) is 106 cm³/mol. The summed E-state index contributed by atoms with van der Waals surface area (Å²) in [7, 11) is 1.73. The maximum absolute atomic E-state index is 6.51. The molecule has 2 N–H and O–H groups in total. The monoisotopic (exact) mass is 380 g/mol. The topological polar surface area (TPSA) is 62.4 Å². The van der Waals surface area contributed by atoms with Crippen LogP contribution in [-0.4, -0.2) is 55.0 Å². The Morgan fingerprint density at radius 1 is 1.31 bits per heavy atom. The minimum absolute atomic E-state index is 0.0816. The maximum atomic E-state index is 6.51. The van der Waals surface area contributed by atoms with Crippen LogP contribution in [0.2, 0.25) is 5.02 Å². The zero-order valence-electron chi connectivity index (χ0n) is 16.1. The van der Waals surface area contributed by atoms with Crippen molar-refractivity contribution in [2.75, 3.05) is 38.2 Å². The minimum Gasteiger partial charge on any atom is -0.379 e. The standard InChI is InChI=1S/C19H29ClN4O2/c1-13(11-19(2,3)25-4)26-12-18-22-15-9-14(20)17(10-16(15)23-18)24-7-5-21-6-8-24/h9-10,13,21H,5-8,11-12H2,1-4H3,(H,22,23). The number of benzene rings is 1. The van der Waals surface area contributed by atoms with E-state index in [1.54, 1.807) is 7.11 Å². The summed E-state index contributed by atoms with van der Waals surface area (Å²) in [6.45, 7) is 10.5. The molecule has 2 aromatic rings. The quantitative estimate of drug-likeness (QED) is 0.771. The van der Waals surface area contributed by atoms with Crippen molar-refractivity contribution in [3.63, 3.8) is 0 Å². The predicted octanol–water partition coefficient (Wildman–Crippen LogP) is 3.35. The molecule has 0 saturated carbocycles. The summed E-state index contributed by atoms with van der Waals surface area (Å²) in [6.07, 6.45) is 0.904. The second-order valence-electron chi connectivity index (χ2n) is 7.53. The number of aromatic nitrogens is 2. The first-order valence-electron chi connectivity index (χ1n) is 9.18. The van der Waals surface area contributed by atoms with Crippen LogP contribution in [0.15, 0.2) is 12.1 Å². The number of hydrogen-bond acceptors (Lipinski definition) is 5. The highest BCUT2D eigenvalue weighted by Crippen LogP contribution is 2.30. The van der Waals surface area contributed by atoms with E-state index in [0.717, 1.165) is 60.2 Å². The van der Waals surface area contributed by atoms with Crippen LogP contribution < -0.4 is 10.2 Å². The smallest absolute Gasteiger partial charge is 0.133 e. The first-order chi connectivity index (χ1) is 12.4. The molecule has 0 spiro atoms. The average molecular weight is 381 g/mol. The van der Waals surface area contributed by atoms with Gasteiger partial charge >= 0.3 is 0 Å². The second kappa shape index (κ2) is 8.13. The van der Waals surface area contributed by atoms with Gasteiger partial charge in [0.05, 0.1) is 33.4 Å². The Kier molecular flexibility index (Phi) is 6.07. The fourth-order valence-corrected chi connectivity index (χ4v) is 3.63. The lowest BCUT2D eigenvalue weighted by molar-refractivity contribution is -0.0437. The molecule has 26 heavy (non-hydrogen) atoms. The number of halogens is 1. The van der Waals surface area contributed by atoms with E-state index in [2.05, 4.69) is 47.0 Å². The number of rotatable bonds is 7. The van der Waals surface area contributed by atoms with Crippen LogP contribution in [0, 0.1) is 0 Å². The molecule has 1 unspecified atom stereocenters. The van der Waals surface area contributed by atoms with Crippen molar-refractivity contribution in [1.29, 1.82) is 0 Å². The molecule has 2 heterocycles. The first-order valence-corrected chi connectivity index (χ1v) is 9.56. The third-order valence-corrected chi connectivity index (χ3v) is 5.20. The summed E-state index contributed by atoms with van der Waals surface area (Å²) < 4.78 is 11.4. The van der Waals surface area contributed by atoms with Gasteiger partial charge < -0.3 is 24.7 Å². The van der Waals surface area contributed by atoms with Crippen molar-refractivity contribution in [3.8, 4) is 0 Å². The van der Waals surface area contributed by atoms with Crippen molar-refractivity contribution < 1.29 is 9.47 Å². The van der Waals surface area contributed by atoms with Crippen molar-refractivity contribution in [1.82, 2.24) is 15.3 Å². The zero-order chi connectivity index (χ0) is 18.7. The summed E-state index contributed by atoms with van der Waals surface area (Å²) in [6, 6.07) is 4.03. The number of H-pyrrole nitrogens is 1. The summed E-state index contributed by atoms with van der Waals surface area (Å²) in [5.74, 6) is 0.815. The van der Waals surface area contributed by atoms with Crippen LogP contribution in [0.25, 0.3) is 11.0 Å². The lowest BCUT2D eigenvalue weighted by atomic mass is 10.0. The van der Waals surface area contributed by atoms with E-state index < -0.39 is 0 Å². The first kappa shape index (κ1) is 19.4. The zero-order valence-corrected chi connectivity index (χ0v) is 16.8. The fraction of sp³-hybridized carbons (Fsp3) is 0.632. The van der Waals surface area contributed by atoms with Gasteiger partial charge in [0.1, 0.15) is 12.4 Å². The number of aromatic amines is 1. The van der Waals surface area contributed by atoms with E-state index >= 15 is 0 Å². The van der Waals surface area contributed by atoms with Crippen LogP contribution in [0.4, 0.5) is 5.69 Å².